The molecule has 0 aliphatic rings. The number of thiazole rings is 1. The molecule has 24 heavy (non-hydrogen) atoms. The van der Waals surface area contributed by atoms with Crippen LogP contribution in [0.4, 0.5) is 0 Å². The average molecular weight is 354 g/mol. The maximum atomic E-state index is 6.82. The summed E-state index contributed by atoms with van der Waals surface area (Å²) in [4.78, 5) is 5.35. The Hall–Kier alpha value is -1.75. The standard InChI is InChI=1S/C20H23NOSSi/c1-20(2,3)24(18-10-6-4-7-11-18,19-12-8-5-9-13-19)22-15-17-14-21-16-23-17/h4-14,16H,15H2,1-3H3. The third-order valence-electron chi connectivity index (χ3n) is 4.33. The third kappa shape index (κ3) is 3.22. The zero-order valence-electron chi connectivity index (χ0n) is 14.4. The lowest BCUT2D eigenvalue weighted by Gasteiger charge is -2.42. The van der Waals surface area contributed by atoms with Gasteiger partial charge in [0.05, 0.1) is 12.1 Å². The summed E-state index contributed by atoms with van der Waals surface area (Å²) in [5.41, 5.74) is 1.87. The van der Waals surface area contributed by atoms with E-state index in [4.69, 9.17) is 4.43 Å². The van der Waals surface area contributed by atoms with Crippen LogP contribution in [0.25, 0.3) is 0 Å². The molecule has 0 spiro atoms. The summed E-state index contributed by atoms with van der Waals surface area (Å²) in [6, 6.07) is 21.5. The van der Waals surface area contributed by atoms with Crippen molar-refractivity contribution >= 4 is 30.0 Å². The Morgan fingerprint density at radius 2 is 1.46 bits per heavy atom. The van der Waals surface area contributed by atoms with E-state index in [2.05, 4.69) is 86.4 Å². The van der Waals surface area contributed by atoms with Gasteiger partial charge in [-0.2, -0.15) is 0 Å². The van der Waals surface area contributed by atoms with Gasteiger partial charge in [0.1, 0.15) is 0 Å². The Balaban J connectivity index is 2.13. The van der Waals surface area contributed by atoms with Crippen LogP contribution in [0.2, 0.25) is 5.04 Å². The van der Waals surface area contributed by atoms with Crippen molar-refractivity contribution in [3.05, 3.63) is 77.2 Å². The molecule has 3 aromatic rings. The largest absolute Gasteiger partial charge is 0.402 e. The van der Waals surface area contributed by atoms with E-state index in [1.54, 1.807) is 11.3 Å². The highest BCUT2D eigenvalue weighted by Crippen LogP contribution is 2.37. The van der Waals surface area contributed by atoms with E-state index in [9.17, 15) is 0 Å². The van der Waals surface area contributed by atoms with Gasteiger partial charge in [0.15, 0.2) is 0 Å². The molecule has 0 aliphatic heterocycles. The molecule has 2 nitrogen and oxygen atoms in total. The minimum absolute atomic E-state index is 0.0143. The topological polar surface area (TPSA) is 22.1 Å². The van der Waals surface area contributed by atoms with Crippen LogP contribution in [0.5, 0.6) is 0 Å². The lowest BCUT2D eigenvalue weighted by atomic mass is 10.2. The summed E-state index contributed by atoms with van der Waals surface area (Å²) in [6.45, 7) is 7.50. The van der Waals surface area contributed by atoms with E-state index < -0.39 is 8.32 Å². The van der Waals surface area contributed by atoms with Gasteiger partial charge in [0.2, 0.25) is 0 Å². The monoisotopic (exact) mass is 353 g/mol. The fraction of sp³-hybridized carbons (Fsp3) is 0.250. The van der Waals surface area contributed by atoms with Crippen molar-refractivity contribution in [1.29, 1.82) is 0 Å². The number of aromatic nitrogens is 1. The van der Waals surface area contributed by atoms with Crippen LogP contribution in [0.3, 0.4) is 0 Å². The van der Waals surface area contributed by atoms with Crippen molar-refractivity contribution < 1.29 is 4.43 Å². The fourth-order valence-electron chi connectivity index (χ4n) is 3.25. The molecule has 3 rings (SSSR count). The van der Waals surface area contributed by atoms with E-state index in [1.165, 1.54) is 15.3 Å². The van der Waals surface area contributed by atoms with E-state index in [0.717, 1.165) is 0 Å². The summed E-state index contributed by atoms with van der Waals surface area (Å²) in [6.07, 6.45) is 1.91. The molecule has 0 bridgehead atoms. The molecule has 0 saturated carbocycles. The second-order valence-electron chi connectivity index (χ2n) is 6.92. The van der Waals surface area contributed by atoms with E-state index in [1.807, 2.05) is 11.7 Å². The fourth-order valence-corrected chi connectivity index (χ4v) is 8.39. The molecule has 0 amide bonds. The molecule has 124 valence electrons. The number of rotatable bonds is 5. The van der Waals surface area contributed by atoms with Crippen LogP contribution in [0, 0.1) is 0 Å². The minimum Gasteiger partial charge on any atom is -0.402 e. The van der Waals surface area contributed by atoms with Crippen LogP contribution >= 0.6 is 11.3 Å². The highest BCUT2D eigenvalue weighted by Gasteiger charge is 2.50. The van der Waals surface area contributed by atoms with Crippen LogP contribution in [-0.2, 0) is 11.0 Å². The lowest BCUT2D eigenvalue weighted by Crippen LogP contribution is -2.66. The molecule has 0 radical (unpaired) electrons. The summed E-state index contributed by atoms with van der Waals surface area (Å²) in [5, 5.41) is 2.64. The first-order valence-corrected chi connectivity index (χ1v) is 11.0. The molecule has 1 aromatic heterocycles. The lowest BCUT2D eigenvalue weighted by molar-refractivity contribution is 0.289. The molecule has 0 N–H and O–H groups in total. The summed E-state index contributed by atoms with van der Waals surface area (Å²) >= 11 is 1.65. The smallest absolute Gasteiger partial charge is 0.261 e. The predicted octanol–water partition coefficient (Wildman–Crippen LogP) is 4.22. The summed E-state index contributed by atoms with van der Waals surface area (Å²) < 4.78 is 6.82. The van der Waals surface area contributed by atoms with Crippen molar-refractivity contribution in [2.45, 2.75) is 32.4 Å². The van der Waals surface area contributed by atoms with Gasteiger partial charge in [-0.25, -0.2) is 0 Å². The number of hydrogen-bond acceptors (Lipinski definition) is 3. The maximum Gasteiger partial charge on any atom is 0.261 e. The summed E-state index contributed by atoms with van der Waals surface area (Å²) in [7, 11) is -2.43. The van der Waals surface area contributed by atoms with Gasteiger partial charge in [-0.05, 0) is 15.4 Å². The van der Waals surface area contributed by atoms with Crippen LogP contribution < -0.4 is 10.4 Å². The van der Waals surface area contributed by atoms with Crippen molar-refractivity contribution in [3.63, 3.8) is 0 Å². The molecule has 0 atom stereocenters. The molecule has 0 fully saturated rings. The maximum absolute atomic E-state index is 6.82. The van der Waals surface area contributed by atoms with Crippen molar-refractivity contribution in [1.82, 2.24) is 4.98 Å². The molecule has 0 saturated heterocycles. The third-order valence-corrected chi connectivity index (χ3v) is 10.1. The highest BCUT2D eigenvalue weighted by molar-refractivity contribution is 7.09. The van der Waals surface area contributed by atoms with Crippen molar-refractivity contribution in [2.24, 2.45) is 0 Å². The predicted molar refractivity (Wildman–Crippen MR) is 105 cm³/mol. The van der Waals surface area contributed by atoms with Gasteiger partial charge in [0.25, 0.3) is 8.32 Å². The first-order chi connectivity index (χ1) is 11.5. The zero-order valence-corrected chi connectivity index (χ0v) is 16.2. The van der Waals surface area contributed by atoms with Crippen LogP contribution in [0.15, 0.2) is 72.4 Å². The molecule has 2 aromatic carbocycles. The van der Waals surface area contributed by atoms with Crippen molar-refractivity contribution in [3.8, 4) is 0 Å². The second kappa shape index (κ2) is 7.01. The minimum atomic E-state index is -2.43. The molecule has 1 heterocycles. The summed E-state index contributed by atoms with van der Waals surface area (Å²) in [5.74, 6) is 0. The van der Waals surface area contributed by atoms with Gasteiger partial charge < -0.3 is 4.43 Å². The Bertz CT molecular complexity index is 712. The normalized spacial score (nSPS) is 12.3. The molecule has 4 heteroatoms. The Morgan fingerprint density at radius 1 is 0.917 bits per heavy atom. The van der Waals surface area contributed by atoms with Gasteiger partial charge in [-0.1, -0.05) is 81.4 Å². The first kappa shape index (κ1) is 17.1. The molecular formula is C20H23NOSSi. The highest BCUT2D eigenvalue weighted by atomic mass is 32.1. The Kier molecular flexibility index (Phi) is 4.99. The van der Waals surface area contributed by atoms with Gasteiger partial charge in [-0.3, -0.25) is 4.98 Å². The van der Waals surface area contributed by atoms with Crippen LogP contribution in [-0.4, -0.2) is 13.3 Å². The van der Waals surface area contributed by atoms with E-state index >= 15 is 0 Å². The van der Waals surface area contributed by atoms with E-state index in [-0.39, 0.29) is 5.04 Å². The van der Waals surface area contributed by atoms with E-state index in [0.29, 0.717) is 6.61 Å². The molecular weight excluding hydrogens is 330 g/mol. The quantitative estimate of drug-likeness (QED) is 0.641. The number of hydrogen-bond donors (Lipinski definition) is 0. The van der Waals surface area contributed by atoms with Gasteiger partial charge in [-0.15, -0.1) is 11.3 Å². The molecule has 0 unspecified atom stereocenters. The zero-order chi connectivity index (χ0) is 17.0. The number of benzene rings is 2. The second-order valence-corrected chi connectivity index (χ2v) is 12.2. The number of nitrogens with zero attached hydrogens (tertiary/aromatic N) is 1. The SMILES string of the molecule is CC(C)(C)[Si](OCc1cncs1)(c1ccccc1)c1ccccc1. The Labute approximate surface area is 149 Å². The van der Waals surface area contributed by atoms with Gasteiger partial charge >= 0.3 is 0 Å². The molecule has 0 aliphatic carbocycles. The Morgan fingerprint density at radius 3 is 1.88 bits per heavy atom. The van der Waals surface area contributed by atoms with Gasteiger partial charge in [0, 0.05) is 11.1 Å². The van der Waals surface area contributed by atoms with Crippen LogP contribution in [0.1, 0.15) is 25.6 Å². The first-order valence-electron chi connectivity index (χ1n) is 8.16. The van der Waals surface area contributed by atoms with Crippen molar-refractivity contribution in [2.75, 3.05) is 0 Å². The average Bonchev–Trinajstić information content (AvgIpc) is 3.10.